The van der Waals surface area contributed by atoms with Crippen LogP contribution < -0.4 is 0 Å². The summed E-state index contributed by atoms with van der Waals surface area (Å²) in [6, 6.07) is 1.46. The third-order valence-corrected chi connectivity index (χ3v) is 2.70. The molecule has 0 bridgehead atoms. The molecule has 1 aromatic rings. The molecule has 1 amide bonds. The van der Waals surface area contributed by atoms with E-state index in [9.17, 15) is 9.90 Å². The Balaban J connectivity index is 2.85. The van der Waals surface area contributed by atoms with E-state index < -0.39 is 5.60 Å². The van der Waals surface area contributed by atoms with Crippen LogP contribution in [0.1, 0.15) is 24.2 Å². The van der Waals surface area contributed by atoms with Crippen molar-refractivity contribution in [2.45, 2.75) is 19.4 Å². The predicted octanol–water partition coefficient (Wildman–Crippen LogP) is 2.23. The lowest BCUT2D eigenvalue weighted by Crippen LogP contribution is -2.39. The standard InChI is InChI=1S/C11H14Cl2N2O2/c1-11(2,17)6-15(3)10(16)7-4-8(12)9(13)14-5-7/h4-5,17H,6H2,1-3H3. The van der Waals surface area contributed by atoms with E-state index in [1.54, 1.807) is 20.9 Å². The Labute approximate surface area is 110 Å². The highest BCUT2D eigenvalue weighted by Gasteiger charge is 2.21. The summed E-state index contributed by atoms with van der Waals surface area (Å²) in [5.41, 5.74) is -0.611. The van der Waals surface area contributed by atoms with E-state index in [4.69, 9.17) is 23.2 Å². The lowest BCUT2D eigenvalue weighted by molar-refractivity contribution is 0.0367. The van der Waals surface area contributed by atoms with Gasteiger partial charge in [0.2, 0.25) is 0 Å². The van der Waals surface area contributed by atoms with Gasteiger partial charge in [-0.2, -0.15) is 0 Å². The van der Waals surface area contributed by atoms with Crippen molar-refractivity contribution in [1.29, 1.82) is 0 Å². The van der Waals surface area contributed by atoms with Crippen LogP contribution >= 0.6 is 23.2 Å². The molecule has 6 heteroatoms. The van der Waals surface area contributed by atoms with Crippen LogP contribution in [0.5, 0.6) is 0 Å². The molecule has 0 radical (unpaired) electrons. The molecule has 1 aromatic heterocycles. The molecule has 0 aliphatic carbocycles. The molecule has 0 aliphatic rings. The highest BCUT2D eigenvalue weighted by molar-refractivity contribution is 6.41. The minimum atomic E-state index is -0.950. The molecule has 1 rings (SSSR count). The summed E-state index contributed by atoms with van der Waals surface area (Å²) in [7, 11) is 1.60. The van der Waals surface area contributed by atoms with Crippen LogP contribution in [0.4, 0.5) is 0 Å². The quantitative estimate of drug-likeness (QED) is 0.862. The van der Waals surface area contributed by atoms with Gasteiger partial charge in [0.05, 0.1) is 16.2 Å². The van der Waals surface area contributed by atoms with Crippen molar-refractivity contribution in [2.75, 3.05) is 13.6 Å². The van der Waals surface area contributed by atoms with E-state index in [2.05, 4.69) is 4.98 Å². The van der Waals surface area contributed by atoms with E-state index >= 15 is 0 Å². The fourth-order valence-electron chi connectivity index (χ4n) is 1.41. The number of amides is 1. The fourth-order valence-corrected chi connectivity index (χ4v) is 1.68. The molecule has 0 saturated heterocycles. The number of hydrogen-bond donors (Lipinski definition) is 1. The highest BCUT2D eigenvalue weighted by Crippen LogP contribution is 2.20. The summed E-state index contributed by atoms with van der Waals surface area (Å²) in [5.74, 6) is -0.266. The largest absolute Gasteiger partial charge is 0.389 e. The summed E-state index contributed by atoms with van der Waals surface area (Å²) in [6.07, 6.45) is 1.36. The smallest absolute Gasteiger partial charge is 0.255 e. The maximum Gasteiger partial charge on any atom is 0.255 e. The van der Waals surface area contributed by atoms with E-state index in [1.165, 1.54) is 17.2 Å². The van der Waals surface area contributed by atoms with Gasteiger partial charge in [-0.15, -0.1) is 0 Å². The number of carbonyl (C=O) groups is 1. The zero-order valence-corrected chi connectivity index (χ0v) is 11.4. The van der Waals surface area contributed by atoms with Gasteiger partial charge >= 0.3 is 0 Å². The number of likely N-dealkylation sites (N-methyl/N-ethyl adjacent to an activating group) is 1. The molecular formula is C11H14Cl2N2O2. The van der Waals surface area contributed by atoms with Gasteiger partial charge in [-0.3, -0.25) is 4.79 Å². The third kappa shape index (κ3) is 4.15. The summed E-state index contributed by atoms with van der Waals surface area (Å²) < 4.78 is 0. The highest BCUT2D eigenvalue weighted by atomic mass is 35.5. The Bertz CT molecular complexity index is 430. The number of halogens is 2. The van der Waals surface area contributed by atoms with Gasteiger partial charge in [0.1, 0.15) is 5.15 Å². The van der Waals surface area contributed by atoms with Crippen molar-refractivity contribution >= 4 is 29.1 Å². The molecular weight excluding hydrogens is 263 g/mol. The van der Waals surface area contributed by atoms with Crippen molar-refractivity contribution in [3.05, 3.63) is 28.0 Å². The Hall–Kier alpha value is -0.840. The molecule has 94 valence electrons. The van der Waals surface area contributed by atoms with Crippen molar-refractivity contribution in [1.82, 2.24) is 9.88 Å². The van der Waals surface area contributed by atoms with Gasteiger partial charge in [0.15, 0.2) is 0 Å². The van der Waals surface area contributed by atoms with Crippen LogP contribution in [0.2, 0.25) is 10.2 Å². The minimum absolute atomic E-state index is 0.161. The molecule has 0 atom stereocenters. The molecule has 0 aliphatic heterocycles. The first-order chi connectivity index (χ1) is 7.70. The molecule has 0 unspecified atom stereocenters. The number of pyridine rings is 1. The molecule has 0 saturated carbocycles. The Kier molecular flexibility index (Phi) is 4.36. The molecule has 1 heterocycles. The topological polar surface area (TPSA) is 53.4 Å². The minimum Gasteiger partial charge on any atom is -0.389 e. The number of aromatic nitrogens is 1. The SMILES string of the molecule is CN(CC(C)(C)O)C(=O)c1cnc(Cl)c(Cl)c1. The van der Waals surface area contributed by atoms with E-state index in [0.29, 0.717) is 5.56 Å². The van der Waals surface area contributed by atoms with E-state index in [0.717, 1.165) is 0 Å². The van der Waals surface area contributed by atoms with Gasteiger partial charge in [0, 0.05) is 19.8 Å². The Morgan fingerprint density at radius 3 is 2.59 bits per heavy atom. The van der Waals surface area contributed by atoms with Crippen LogP contribution in [-0.2, 0) is 0 Å². The van der Waals surface area contributed by atoms with Crippen molar-refractivity contribution in [2.24, 2.45) is 0 Å². The summed E-state index contributed by atoms with van der Waals surface area (Å²) in [4.78, 5) is 17.2. The van der Waals surface area contributed by atoms with E-state index in [1.807, 2.05) is 0 Å². The van der Waals surface area contributed by atoms with Gasteiger partial charge in [0.25, 0.3) is 5.91 Å². The molecule has 4 nitrogen and oxygen atoms in total. The van der Waals surface area contributed by atoms with Crippen LogP contribution in [-0.4, -0.2) is 40.1 Å². The fraction of sp³-hybridized carbons (Fsp3) is 0.455. The number of nitrogens with zero attached hydrogens (tertiary/aromatic N) is 2. The first-order valence-electron chi connectivity index (χ1n) is 4.99. The van der Waals surface area contributed by atoms with Crippen LogP contribution in [0.25, 0.3) is 0 Å². The van der Waals surface area contributed by atoms with Gasteiger partial charge in [-0.1, -0.05) is 23.2 Å². The van der Waals surface area contributed by atoms with E-state index in [-0.39, 0.29) is 22.6 Å². The normalized spacial score (nSPS) is 11.4. The van der Waals surface area contributed by atoms with Crippen molar-refractivity contribution in [3.63, 3.8) is 0 Å². The Morgan fingerprint density at radius 2 is 2.12 bits per heavy atom. The maximum absolute atomic E-state index is 12.0. The zero-order chi connectivity index (χ0) is 13.2. The monoisotopic (exact) mass is 276 g/mol. The number of carbonyl (C=O) groups excluding carboxylic acids is 1. The number of aliphatic hydroxyl groups is 1. The van der Waals surface area contributed by atoms with Crippen LogP contribution in [0.3, 0.4) is 0 Å². The molecule has 0 fully saturated rings. The summed E-state index contributed by atoms with van der Waals surface area (Å²) >= 11 is 11.4. The summed E-state index contributed by atoms with van der Waals surface area (Å²) in [5, 5.41) is 10.0. The molecule has 0 aromatic carbocycles. The van der Waals surface area contributed by atoms with Crippen LogP contribution in [0.15, 0.2) is 12.3 Å². The second kappa shape index (κ2) is 5.21. The van der Waals surface area contributed by atoms with Crippen molar-refractivity contribution < 1.29 is 9.90 Å². The average molecular weight is 277 g/mol. The lowest BCUT2D eigenvalue weighted by atomic mass is 10.1. The first-order valence-corrected chi connectivity index (χ1v) is 5.75. The molecule has 0 spiro atoms. The third-order valence-electron chi connectivity index (χ3n) is 2.01. The number of rotatable bonds is 3. The second-order valence-electron chi connectivity index (χ2n) is 4.47. The van der Waals surface area contributed by atoms with Crippen LogP contribution in [0, 0.1) is 0 Å². The first kappa shape index (κ1) is 14.2. The van der Waals surface area contributed by atoms with Crippen molar-refractivity contribution in [3.8, 4) is 0 Å². The second-order valence-corrected chi connectivity index (χ2v) is 5.24. The van der Waals surface area contributed by atoms with Gasteiger partial charge in [-0.25, -0.2) is 4.98 Å². The zero-order valence-electron chi connectivity index (χ0n) is 9.87. The Morgan fingerprint density at radius 1 is 1.53 bits per heavy atom. The lowest BCUT2D eigenvalue weighted by Gasteiger charge is -2.25. The number of hydrogen-bond acceptors (Lipinski definition) is 3. The summed E-state index contributed by atoms with van der Waals surface area (Å²) in [6.45, 7) is 3.47. The van der Waals surface area contributed by atoms with Gasteiger partial charge in [-0.05, 0) is 19.9 Å². The molecule has 17 heavy (non-hydrogen) atoms. The predicted molar refractivity (Wildman–Crippen MR) is 67.5 cm³/mol. The van der Waals surface area contributed by atoms with Gasteiger partial charge < -0.3 is 10.0 Å². The maximum atomic E-state index is 12.0. The average Bonchev–Trinajstić information content (AvgIpc) is 2.18. The molecule has 1 N–H and O–H groups in total.